The van der Waals surface area contributed by atoms with Gasteiger partial charge in [0.15, 0.2) is 0 Å². The van der Waals surface area contributed by atoms with Gasteiger partial charge in [-0.05, 0) is 49.9 Å². The predicted octanol–water partition coefficient (Wildman–Crippen LogP) is 2.91. The molecule has 0 aliphatic heterocycles. The van der Waals surface area contributed by atoms with Crippen LogP contribution in [0.3, 0.4) is 0 Å². The molecule has 0 fully saturated rings. The van der Waals surface area contributed by atoms with E-state index < -0.39 is 10.0 Å². The summed E-state index contributed by atoms with van der Waals surface area (Å²) >= 11 is 0. The normalized spacial score (nSPS) is 12.3. The molecular weight excluding hydrogens is 376 g/mol. The highest BCUT2D eigenvalue weighted by atomic mass is 32.2. The topological polar surface area (TPSA) is 75.7 Å². The van der Waals surface area contributed by atoms with E-state index in [9.17, 15) is 13.2 Å². The molecule has 152 valence electrons. The van der Waals surface area contributed by atoms with Crippen LogP contribution in [0, 0.1) is 6.92 Å². The van der Waals surface area contributed by atoms with Gasteiger partial charge in [-0.15, -0.1) is 0 Å². The zero-order chi connectivity index (χ0) is 20.7. The summed E-state index contributed by atoms with van der Waals surface area (Å²) in [6.45, 7) is 3.47. The van der Waals surface area contributed by atoms with E-state index in [1.807, 2.05) is 50.2 Å². The largest absolute Gasteiger partial charge is 0.495 e. The van der Waals surface area contributed by atoms with Gasteiger partial charge in [-0.3, -0.25) is 9.10 Å². The number of amides is 1. The van der Waals surface area contributed by atoms with Gasteiger partial charge in [0.05, 0.1) is 19.1 Å². The van der Waals surface area contributed by atoms with E-state index in [1.165, 1.54) is 12.7 Å². The van der Waals surface area contributed by atoms with Crippen LogP contribution in [0.1, 0.15) is 24.5 Å². The Bertz CT molecular complexity index is 898. The van der Waals surface area contributed by atoms with Gasteiger partial charge < -0.3 is 10.1 Å². The number of anilines is 1. The van der Waals surface area contributed by atoms with Crippen molar-refractivity contribution in [1.29, 1.82) is 0 Å². The molecule has 2 aromatic rings. The minimum absolute atomic E-state index is 0.0754. The van der Waals surface area contributed by atoms with Crippen LogP contribution in [-0.2, 0) is 21.2 Å². The van der Waals surface area contributed by atoms with Crippen LogP contribution < -0.4 is 14.4 Å². The fourth-order valence-electron chi connectivity index (χ4n) is 2.93. The third kappa shape index (κ3) is 6.27. The maximum atomic E-state index is 12.5. The monoisotopic (exact) mass is 404 g/mol. The van der Waals surface area contributed by atoms with Crippen LogP contribution in [0.5, 0.6) is 5.75 Å². The Morgan fingerprint density at radius 3 is 2.46 bits per heavy atom. The molecular formula is C21H28N2O4S. The molecule has 0 saturated heterocycles. The van der Waals surface area contributed by atoms with E-state index in [0.29, 0.717) is 11.4 Å². The lowest BCUT2D eigenvalue weighted by Gasteiger charge is -2.25. The maximum absolute atomic E-state index is 12.5. The number of hydrogen-bond donors (Lipinski definition) is 1. The van der Waals surface area contributed by atoms with Crippen LogP contribution >= 0.6 is 0 Å². The molecule has 2 rings (SSSR count). The minimum atomic E-state index is -3.66. The van der Waals surface area contributed by atoms with Crippen molar-refractivity contribution in [3.05, 3.63) is 59.7 Å². The van der Waals surface area contributed by atoms with E-state index in [0.717, 1.165) is 29.0 Å². The van der Waals surface area contributed by atoms with Crippen molar-refractivity contribution in [2.24, 2.45) is 0 Å². The Labute approximate surface area is 167 Å². The second-order valence-corrected chi connectivity index (χ2v) is 8.84. The molecule has 1 atom stereocenters. The number of benzene rings is 2. The Kier molecular flexibility index (Phi) is 7.45. The van der Waals surface area contributed by atoms with Gasteiger partial charge in [-0.2, -0.15) is 0 Å². The van der Waals surface area contributed by atoms with Crippen LogP contribution in [0.25, 0.3) is 0 Å². The average molecular weight is 405 g/mol. The zero-order valence-corrected chi connectivity index (χ0v) is 17.6. The van der Waals surface area contributed by atoms with Gasteiger partial charge in [0.1, 0.15) is 12.3 Å². The minimum Gasteiger partial charge on any atom is -0.495 e. The van der Waals surface area contributed by atoms with Crippen LogP contribution in [0.2, 0.25) is 0 Å². The smallest absolute Gasteiger partial charge is 0.240 e. The molecule has 0 aromatic heterocycles. The highest BCUT2D eigenvalue weighted by Crippen LogP contribution is 2.30. The molecule has 0 spiro atoms. The van der Waals surface area contributed by atoms with Crippen molar-refractivity contribution in [1.82, 2.24) is 5.32 Å². The van der Waals surface area contributed by atoms with Gasteiger partial charge in [0, 0.05) is 6.04 Å². The molecule has 0 radical (unpaired) electrons. The van der Waals surface area contributed by atoms with E-state index >= 15 is 0 Å². The number of rotatable bonds is 9. The standard InChI is InChI=1S/C21H28N2O4S/c1-16-10-13-20(27-3)19(14-16)23(28(4,25)26)15-21(24)22-17(2)11-12-18-8-6-5-7-9-18/h5-10,13-14,17H,11-12,15H2,1-4H3,(H,22,24)/t17-/m0/s1. The van der Waals surface area contributed by atoms with Gasteiger partial charge in [-0.25, -0.2) is 8.42 Å². The SMILES string of the molecule is COc1ccc(C)cc1N(CC(=O)N[C@@H](C)CCc1ccccc1)S(C)(=O)=O. The Hall–Kier alpha value is -2.54. The van der Waals surface area contributed by atoms with Crippen LogP contribution in [0.15, 0.2) is 48.5 Å². The molecule has 7 heteroatoms. The van der Waals surface area contributed by atoms with Crippen LogP contribution in [0.4, 0.5) is 5.69 Å². The Morgan fingerprint density at radius 2 is 1.86 bits per heavy atom. The Balaban J connectivity index is 2.06. The number of carbonyl (C=O) groups is 1. The first-order chi connectivity index (χ1) is 13.2. The predicted molar refractivity (Wildman–Crippen MR) is 112 cm³/mol. The summed E-state index contributed by atoms with van der Waals surface area (Å²) < 4.78 is 31.0. The summed E-state index contributed by atoms with van der Waals surface area (Å²) in [5.41, 5.74) is 2.43. The number of ether oxygens (including phenoxy) is 1. The van der Waals surface area contributed by atoms with Crippen molar-refractivity contribution in [3.8, 4) is 5.75 Å². The van der Waals surface area contributed by atoms with Crippen LogP contribution in [-0.4, -0.2) is 40.3 Å². The number of aryl methyl sites for hydroxylation is 2. The molecule has 6 nitrogen and oxygen atoms in total. The summed E-state index contributed by atoms with van der Waals surface area (Å²) in [7, 11) is -2.19. The van der Waals surface area contributed by atoms with E-state index in [1.54, 1.807) is 12.1 Å². The number of methoxy groups -OCH3 is 1. The van der Waals surface area contributed by atoms with Crippen molar-refractivity contribution in [2.45, 2.75) is 32.7 Å². The number of hydrogen-bond acceptors (Lipinski definition) is 4. The molecule has 0 saturated carbocycles. The highest BCUT2D eigenvalue weighted by molar-refractivity contribution is 7.92. The molecule has 0 heterocycles. The lowest BCUT2D eigenvalue weighted by atomic mass is 10.1. The lowest BCUT2D eigenvalue weighted by Crippen LogP contribution is -2.43. The first-order valence-electron chi connectivity index (χ1n) is 9.16. The second kappa shape index (κ2) is 9.59. The number of sulfonamides is 1. The highest BCUT2D eigenvalue weighted by Gasteiger charge is 2.24. The van der Waals surface area contributed by atoms with Crippen molar-refractivity contribution >= 4 is 21.6 Å². The molecule has 0 aliphatic rings. The second-order valence-electron chi connectivity index (χ2n) is 6.94. The fourth-order valence-corrected chi connectivity index (χ4v) is 3.78. The van der Waals surface area contributed by atoms with Gasteiger partial charge in [0.2, 0.25) is 15.9 Å². The number of carbonyl (C=O) groups excluding carboxylic acids is 1. The quantitative estimate of drug-likeness (QED) is 0.697. The van der Waals surface area contributed by atoms with E-state index in [2.05, 4.69) is 5.32 Å². The first kappa shape index (κ1) is 21.8. The lowest BCUT2D eigenvalue weighted by molar-refractivity contribution is -0.120. The van der Waals surface area contributed by atoms with Gasteiger partial charge in [-0.1, -0.05) is 36.4 Å². The summed E-state index contributed by atoms with van der Waals surface area (Å²) in [5.74, 6) is 0.0514. The fraction of sp³-hybridized carbons (Fsp3) is 0.381. The van der Waals surface area contributed by atoms with E-state index in [4.69, 9.17) is 4.74 Å². The summed E-state index contributed by atoms with van der Waals surface area (Å²) in [6, 6.07) is 15.2. The summed E-state index contributed by atoms with van der Waals surface area (Å²) in [4.78, 5) is 12.5. The maximum Gasteiger partial charge on any atom is 0.240 e. The average Bonchev–Trinajstić information content (AvgIpc) is 2.64. The third-order valence-corrected chi connectivity index (χ3v) is 5.53. The van der Waals surface area contributed by atoms with Crippen molar-refractivity contribution < 1.29 is 17.9 Å². The Morgan fingerprint density at radius 1 is 1.18 bits per heavy atom. The number of nitrogens with zero attached hydrogens (tertiary/aromatic N) is 1. The molecule has 28 heavy (non-hydrogen) atoms. The van der Waals surface area contributed by atoms with E-state index in [-0.39, 0.29) is 18.5 Å². The molecule has 2 aromatic carbocycles. The van der Waals surface area contributed by atoms with Gasteiger partial charge >= 0.3 is 0 Å². The van der Waals surface area contributed by atoms with Crippen molar-refractivity contribution in [3.63, 3.8) is 0 Å². The zero-order valence-electron chi connectivity index (χ0n) is 16.8. The van der Waals surface area contributed by atoms with Crippen molar-refractivity contribution in [2.75, 3.05) is 24.2 Å². The molecule has 0 bridgehead atoms. The third-order valence-electron chi connectivity index (χ3n) is 4.41. The molecule has 1 amide bonds. The first-order valence-corrected chi connectivity index (χ1v) is 11.0. The number of nitrogens with one attached hydrogen (secondary N) is 1. The molecule has 1 N–H and O–H groups in total. The summed E-state index contributed by atoms with van der Waals surface area (Å²) in [6.07, 6.45) is 2.69. The van der Waals surface area contributed by atoms with Gasteiger partial charge in [0.25, 0.3) is 0 Å². The molecule has 0 aliphatic carbocycles. The summed E-state index contributed by atoms with van der Waals surface area (Å²) in [5, 5.41) is 2.89. The molecule has 0 unspecified atom stereocenters.